The van der Waals surface area contributed by atoms with E-state index in [1.807, 2.05) is 20.8 Å². The summed E-state index contributed by atoms with van der Waals surface area (Å²) >= 11 is 0. The summed E-state index contributed by atoms with van der Waals surface area (Å²) in [4.78, 5) is 39.7. The predicted molar refractivity (Wildman–Crippen MR) is 111 cm³/mol. The Morgan fingerprint density at radius 1 is 1.26 bits per heavy atom. The van der Waals surface area contributed by atoms with Gasteiger partial charge in [-0.3, -0.25) is 14.4 Å². The van der Waals surface area contributed by atoms with E-state index < -0.39 is 52.5 Å². The molecule has 172 valence electrons. The van der Waals surface area contributed by atoms with Crippen molar-refractivity contribution < 1.29 is 34.1 Å². The topological polar surface area (TPSA) is 110 Å². The SMILES string of the molecule is C=C1C(=O)[C@]23C[C@H]1C[C@H](O)[C@H]2[C@]1(C)CC[C@H](OC(C)O)C(C)(C)[C@H]1C(=O)[C@@H]3OC(C)=O. The Labute approximate surface area is 183 Å². The molecule has 2 bridgehead atoms. The fraction of sp³-hybridized carbons (Fsp3) is 0.792. The highest BCUT2D eigenvalue weighted by molar-refractivity contribution is 6.08. The Morgan fingerprint density at radius 2 is 1.90 bits per heavy atom. The summed E-state index contributed by atoms with van der Waals surface area (Å²) < 4.78 is 11.4. The number of hydrogen-bond donors (Lipinski definition) is 2. The highest BCUT2D eigenvalue weighted by atomic mass is 16.6. The molecule has 2 N–H and O–H groups in total. The third-order valence-corrected chi connectivity index (χ3v) is 8.80. The molecular formula is C24H34O7. The minimum atomic E-state index is -1.26. The van der Waals surface area contributed by atoms with Crippen LogP contribution in [0.3, 0.4) is 0 Å². The average Bonchev–Trinajstić information content (AvgIpc) is 2.82. The molecule has 0 radical (unpaired) electrons. The third-order valence-electron chi connectivity index (χ3n) is 8.80. The van der Waals surface area contributed by atoms with Crippen molar-refractivity contribution in [3.63, 3.8) is 0 Å². The van der Waals surface area contributed by atoms with Crippen molar-refractivity contribution in [2.45, 2.75) is 84.9 Å². The molecule has 0 heterocycles. The zero-order valence-electron chi connectivity index (χ0n) is 19.0. The van der Waals surface area contributed by atoms with Crippen molar-refractivity contribution in [2.24, 2.45) is 34.0 Å². The predicted octanol–water partition coefficient (Wildman–Crippen LogP) is 2.18. The zero-order valence-corrected chi connectivity index (χ0v) is 19.0. The van der Waals surface area contributed by atoms with Crippen LogP contribution in [0.1, 0.15) is 60.3 Å². The standard InChI is InChI=1S/C24H34O7/c1-11-14-9-15(27)18-23(6)8-7-16(30-12(2)25)22(4,5)19(23)17(28)21(31-13(3)26)24(18,10-14)20(11)29/h12,14-16,18-19,21,25,27H,1,7-10H2,2-6H3/t12?,14-,15+,16+,18+,19-,21+,23+,24+/m1/s1. The lowest BCUT2D eigenvalue weighted by atomic mass is 9.39. The zero-order chi connectivity index (χ0) is 23.1. The third kappa shape index (κ3) is 2.85. The molecule has 0 aromatic carbocycles. The van der Waals surface area contributed by atoms with Crippen LogP contribution in [0.25, 0.3) is 0 Å². The second-order valence-electron chi connectivity index (χ2n) is 11.0. The maximum Gasteiger partial charge on any atom is 0.303 e. The molecule has 0 amide bonds. The first-order chi connectivity index (χ1) is 14.3. The molecule has 31 heavy (non-hydrogen) atoms. The number of hydrogen-bond acceptors (Lipinski definition) is 7. The number of ketones is 2. The summed E-state index contributed by atoms with van der Waals surface area (Å²) in [6.07, 6.45) is -1.46. The monoisotopic (exact) mass is 434 g/mol. The quantitative estimate of drug-likeness (QED) is 0.398. The van der Waals surface area contributed by atoms with Gasteiger partial charge in [-0.05, 0) is 49.5 Å². The number of esters is 1. The van der Waals surface area contributed by atoms with Gasteiger partial charge in [0.05, 0.1) is 17.6 Å². The van der Waals surface area contributed by atoms with Crippen LogP contribution >= 0.6 is 0 Å². The number of Topliss-reactive ketones (excluding diaryl/α,β-unsaturated/α-hetero) is 2. The Morgan fingerprint density at radius 3 is 2.48 bits per heavy atom. The number of carbonyl (C=O) groups excluding carboxylic acids is 3. The second kappa shape index (κ2) is 6.96. The number of aliphatic hydroxyl groups excluding tert-OH is 2. The molecule has 4 aliphatic rings. The second-order valence-corrected chi connectivity index (χ2v) is 11.0. The molecule has 4 saturated carbocycles. The number of ether oxygens (including phenoxy) is 2. The van der Waals surface area contributed by atoms with Gasteiger partial charge in [0.25, 0.3) is 0 Å². The lowest BCUT2D eigenvalue weighted by Crippen LogP contribution is -2.72. The molecule has 4 aliphatic carbocycles. The molecule has 0 aromatic heterocycles. The van der Waals surface area contributed by atoms with E-state index >= 15 is 0 Å². The maximum atomic E-state index is 14.1. The molecule has 7 nitrogen and oxygen atoms in total. The van der Waals surface area contributed by atoms with Crippen LogP contribution in [0, 0.1) is 34.0 Å². The minimum absolute atomic E-state index is 0.201. The molecule has 0 aliphatic heterocycles. The molecule has 4 fully saturated rings. The van der Waals surface area contributed by atoms with E-state index in [4.69, 9.17) is 9.47 Å². The lowest BCUT2D eigenvalue weighted by Gasteiger charge is -2.65. The van der Waals surface area contributed by atoms with Gasteiger partial charge < -0.3 is 19.7 Å². The summed E-state index contributed by atoms with van der Waals surface area (Å²) in [5, 5.41) is 21.2. The van der Waals surface area contributed by atoms with E-state index in [1.54, 1.807) is 0 Å². The first-order valence-electron chi connectivity index (χ1n) is 11.2. The van der Waals surface area contributed by atoms with Crippen molar-refractivity contribution in [1.29, 1.82) is 0 Å². The summed E-state index contributed by atoms with van der Waals surface area (Å²) in [5.74, 6) is -2.48. The van der Waals surface area contributed by atoms with Crippen LogP contribution in [0.4, 0.5) is 0 Å². The summed E-state index contributed by atoms with van der Waals surface area (Å²) in [7, 11) is 0. The highest BCUT2D eigenvalue weighted by Crippen LogP contribution is 2.70. The van der Waals surface area contributed by atoms with Crippen molar-refractivity contribution in [1.82, 2.24) is 0 Å². The molecular weight excluding hydrogens is 400 g/mol. The maximum absolute atomic E-state index is 14.1. The van der Waals surface area contributed by atoms with Crippen LogP contribution in [-0.4, -0.2) is 52.4 Å². The van der Waals surface area contributed by atoms with Gasteiger partial charge in [-0.2, -0.15) is 0 Å². The van der Waals surface area contributed by atoms with Crippen LogP contribution < -0.4 is 0 Å². The molecule has 0 aromatic rings. The fourth-order valence-electron chi connectivity index (χ4n) is 8.03. The van der Waals surface area contributed by atoms with Gasteiger partial charge in [-0.1, -0.05) is 27.4 Å². The molecule has 9 atom stereocenters. The van der Waals surface area contributed by atoms with E-state index in [0.29, 0.717) is 31.3 Å². The average molecular weight is 435 g/mol. The van der Waals surface area contributed by atoms with Crippen molar-refractivity contribution >= 4 is 17.5 Å². The normalized spacial score (nSPS) is 46.9. The van der Waals surface area contributed by atoms with Gasteiger partial charge >= 0.3 is 5.97 Å². The summed E-state index contributed by atoms with van der Waals surface area (Å²) in [5.41, 5.74) is -2.21. The van der Waals surface area contributed by atoms with Crippen LogP contribution in [-0.2, 0) is 23.9 Å². The lowest BCUT2D eigenvalue weighted by molar-refractivity contribution is -0.249. The first kappa shape index (κ1) is 22.6. The Bertz CT molecular complexity index is 845. The van der Waals surface area contributed by atoms with E-state index in [1.165, 1.54) is 13.8 Å². The molecule has 0 saturated heterocycles. The number of aliphatic hydroxyl groups is 2. The van der Waals surface area contributed by atoms with Gasteiger partial charge in [-0.25, -0.2) is 0 Å². The number of allylic oxidation sites excluding steroid dienone is 1. The number of rotatable bonds is 3. The Hall–Kier alpha value is -1.57. The minimum Gasteiger partial charge on any atom is -0.453 e. The number of carbonyl (C=O) groups is 3. The Balaban J connectivity index is 1.90. The van der Waals surface area contributed by atoms with Gasteiger partial charge in [0.1, 0.15) is 0 Å². The largest absolute Gasteiger partial charge is 0.453 e. The van der Waals surface area contributed by atoms with Crippen molar-refractivity contribution in [3.05, 3.63) is 12.2 Å². The fourth-order valence-corrected chi connectivity index (χ4v) is 8.03. The van der Waals surface area contributed by atoms with E-state index in [9.17, 15) is 24.6 Å². The van der Waals surface area contributed by atoms with Gasteiger partial charge in [-0.15, -0.1) is 0 Å². The molecule has 1 spiro atoms. The van der Waals surface area contributed by atoms with E-state index in [-0.39, 0.29) is 23.6 Å². The van der Waals surface area contributed by atoms with Crippen molar-refractivity contribution in [3.8, 4) is 0 Å². The van der Waals surface area contributed by atoms with Crippen LogP contribution in [0.15, 0.2) is 12.2 Å². The van der Waals surface area contributed by atoms with Crippen LogP contribution in [0.5, 0.6) is 0 Å². The highest BCUT2D eigenvalue weighted by Gasteiger charge is 2.76. The molecule has 1 unspecified atom stereocenters. The van der Waals surface area contributed by atoms with Crippen molar-refractivity contribution in [2.75, 3.05) is 0 Å². The summed E-state index contributed by atoms with van der Waals surface area (Å²) in [6.45, 7) is 12.6. The molecule has 7 heteroatoms. The summed E-state index contributed by atoms with van der Waals surface area (Å²) in [6, 6.07) is 0. The smallest absolute Gasteiger partial charge is 0.303 e. The Kier molecular flexibility index (Phi) is 5.08. The first-order valence-corrected chi connectivity index (χ1v) is 11.2. The van der Waals surface area contributed by atoms with Crippen LogP contribution in [0.2, 0.25) is 0 Å². The van der Waals surface area contributed by atoms with Gasteiger partial charge in [0.15, 0.2) is 24.0 Å². The van der Waals surface area contributed by atoms with Gasteiger partial charge in [0, 0.05) is 24.2 Å². The van der Waals surface area contributed by atoms with E-state index in [0.717, 1.165) is 0 Å². The molecule has 4 rings (SSSR count). The van der Waals surface area contributed by atoms with Gasteiger partial charge in [0.2, 0.25) is 0 Å². The van der Waals surface area contributed by atoms with E-state index in [2.05, 4.69) is 6.58 Å². The number of fused-ring (bicyclic) bond motifs is 3.